The van der Waals surface area contributed by atoms with Gasteiger partial charge in [0.2, 0.25) is 10.0 Å². The smallest absolute Gasteiger partial charge is 0.497 e. The zero-order chi connectivity index (χ0) is 27.2. The Kier molecular flexibility index (Phi) is 8.38. The van der Waals surface area contributed by atoms with Crippen LogP contribution < -0.4 is 29.0 Å². The molecule has 3 aromatic rings. The second-order valence-electron chi connectivity index (χ2n) is 7.58. The van der Waals surface area contributed by atoms with Crippen LogP contribution in [-0.2, 0) is 16.6 Å². The summed E-state index contributed by atoms with van der Waals surface area (Å²) in [5.41, 5.74) is 1.04. The van der Waals surface area contributed by atoms with Crippen LogP contribution >= 0.6 is 0 Å². The number of rotatable bonds is 10. The molecule has 3 rings (SSSR count). The molecule has 0 atom stereocenters. The van der Waals surface area contributed by atoms with Crippen molar-refractivity contribution in [3.8, 4) is 23.0 Å². The number of anilines is 2. The third kappa shape index (κ3) is 8.20. The number of hydrogen-bond donors (Lipinski definition) is 2. The molecule has 0 bridgehead atoms. The largest absolute Gasteiger partial charge is 0.573 e. The predicted molar refractivity (Wildman–Crippen MR) is 130 cm³/mol. The fourth-order valence-corrected chi connectivity index (χ4v) is 3.73. The second-order valence-corrected chi connectivity index (χ2v) is 9.33. The number of nitrogens with one attached hydrogen (secondary N) is 2. The van der Waals surface area contributed by atoms with Crippen molar-refractivity contribution in [3.05, 3.63) is 71.8 Å². The van der Waals surface area contributed by atoms with Gasteiger partial charge in [-0.2, -0.15) is 0 Å². The topological polar surface area (TPSA) is 112 Å². The van der Waals surface area contributed by atoms with Crippen LogP contribution in [0.4, 0.5) is 24.5 Å². The van der Waals surface area contributed by atoms with Gasteiger partial charge in [-0.05, 0) is 54.6 Å². The molecule has 0 aliphatic carbocycles. The summed E-state index contributed by atoms with van der Waals surface area (Å²) < 4.78 is 83.2. The summed E-state index contributed by atoms with van der Waals surface area (Å²) in [7, 11) is -0.667. The van der Waals surface area contributed by atoms with Crippen LogP contribution in [0.3, 0.4) is 0 Å². The Morgan fingerprint density at radius 1 is 0.892 bits per heavy atom. The van der Waals surface area contributed by atoms with Crippen molar-refractivity contribution in [2.45, 2.75) is 13.0 Å². The van der Waals surface area contributed by atoms with Crippen molar-refractivity contribution < 1.29 is 45.3 Å². The quantitative estimate of drug-likeness (QED) is 0.380. The van der Waals surface area contributed by atoms with Gasteiger partial charge in [-0.3, -0.25) is 9.52 Å². The zero-order valence-electron chi connectivity index (χ0n) is 19.9. The Morgan fingerprint density at radius 3 is 2.16 bits per heavy atom. The molecule has 13 heteroatoms. The van der Waals surface area contributed by atoms with E-state index in [4.69, 9.17) is 14.2 Å². The van der Waals surface area contributed by atoms with Gasteiger partial charge in [-0.15, -0.1) is 13.2 Å². The fraction of sp³-hybridized carbons (Fsp3) is 0.208. The van der Waals surface area contributed by atoms with Gasteiger partial charge in [0.1, 0.15) is 29.6 Å². The van der Waals surface area contributed by atoms with E-state index in [2.05, 4.69) is 14.8 Å². The molecule has 9 nitrogen and oxygen atoms in total. The zero-order valence-corrected chi connectivity index (χ0v) is 20.7. The molecule has 0 spiro atoms. The summed E-state index contributed by atoms with van der Waals surface area (Å²) in [6.07, 6.45) is -3.87. The first kappa shape index (κ1) is 27.5. The predicted octanol–water partition coefficient (Wildman–Crippen LogP) is 4.81. The number of ether oxygens (including phenoxy) is 4. The molecule has 0 aromatic heterocycles. The number of alkyl halides is 3. The van der Waals surface area contributed by atoms with Gasteiger partial charge in [0, 0.05) is 22.9 Å². The Labute approximate surface area is 211 Å². The Bertz CT molecular complexity index is 1360. The van der Waals surface area contributed by atoms with Gasteiger partial charge in [-0.1, -0.05) is 0 Å². The molecule has 198 valence electrons. The van der Waals surface area contributed by atoms with Gasteiger partial charge in [-0.25, -0.2) is 8.42 Å². The Hall–Kier alpha value is -4.13. The Morgan fingerprint density at radius 2 is 1.57 bits per heavy atom. The molecule has 2 N–H and O–H groups in total. The van der Waals surface area contributed by atoms with Gasteiger partial charge in [0.25, 0.3) is 5.91 Å². The maximum absolute atomic E-state index is 12.6. The van der Waals surface area contributed by atoms with Crippen LogP contribution in [-0.4, -0.2) is 41.2 Å². The highest BCUT2D eigenvalue weighted by molar-refractivity contribution is 7.92. The van der Waals surface area contributed by atoms with Gasteiger partial charge in [0.15, 0.2) is 0 Å². The number of carbonyl (C=O) groups excluding carboxylic acids is 1. The molecule has 1 amide bonds. The van der Waals surface area contributed by atoms with E-state index >= 15 is 0 Å². The number of hydrogen-bond acceptors (Lipinski definition) is 7. The van der Waals surface area contributed by atoms with E-state index in [0.29, 0.717) is 17.1 Å². The van der Waals surface area contributed by atoms with Crippen LogP contribution in [0.2, 0.25) is 0 Å². The highest BCUT2D eigenvalue weighted by atomic mass is 32.2. The van der Waals surface area contributed by atoms with E-state index in [0.717, 1.165) is 18.4 Å². The van der Waals surface area contributed by atoms with Gasteiger partial charge >= 0.3 is 6.36 Å². The maximum Gasteiger partial charge on any atom is 0.573 e. The van der Waals surface area contributed by atoms with Crippen molar-refractivity contribution in [2.24, 2.45) is 0 Å². The van der Waals surface area contributed by atoms with E-state index < -0.39 is 28.0 Å². The van der Waals surface area contributed by atoms with Crippen molar-refractivity contribution in [2.75, 3.05) is 30.5 Å². The molecule has 0 saturated heterocycles. The molecule has 37 heavy (non-hydrogen) atoms. The average molecular weight is 541 g/mol. The minimum absolute atomic E-state index is 0.0309. The number of methoxy groups -OCH3 is 2. The monoisotopic (exact) mass is 540 g/mol. The van der Waals surface area contributed by atoms with Crippen molar-refractivity contribution in [1.29, 1.82) is 0 Å². The summed E-state index contributed by atoms with van der Waals surface area (Å²) in [5.74, 6) is 0.0797. The van der Waals surface area contributed by atoms with Crippen LogP contribution in [0.25, 0.3) is 0 Å². The van der Waals surface area contributed by atoms with E-state index in [-0.39, 0.29) is 29.3 Å². The summed E-state index contributed by atoms with van der Waals surface area (Å²) in [6.45, 7) is -0.0309. The molecule has 0 radical (unpaired) electrons. The third-order valence-corrected chi connectivity index (χ3v) is 5.35. The maximum atomic E-state index is 12.6. The van der Waals surface area contributed by atoms with Gasteiger partial charge in [0.05, 0.1) is 26.2 Å². The molecule has 0 fully saturated rings. The third-order valence-electron chi connectivity index (χ3n) is 4.76. The van der Waals surface area contributed by atoms with Crippen LogP contribution in [0.15, 0.2) is 60.7 Å². The number of sulfonamides is 1. The number of halogens is 3. The number of amides is 1. The first-order chi connectivity index (χ1) is 17.4. The molecule has 0 heterocycles. The summed E-state index contributed by atoms with van der Waals surface area (Å²) in [5, 5.41) is 2.59. The first-order valence-electron chi connectivity index (χ1n) is 10.5. The Balaban J connectivity index is 1.82. The lowest BCUT2D eigenvalue weighted by Gasteiger charge is -2.16. The fourth-order valence-electron chi connectivity index (χ4n) is 3.17. The average Bonchev–Trinajstić information content (AvgIpc) is 2.82. The van der Waals surface area contributed by atoms with E-state index in [9.17, 15) is 26.4 Å². The van der Waals surface area contributed by atoms with Crippen LogP contribution in [0.1, 0.15) is 15.9 Å². The van der Waals surface area contributed by atoms with Crippen molar-refractivity contribution in [3.63, 3.8) is 0 Å². The van der Waals surface area contributed by atoms with Crippen molar-refractivity contribution >= 4 is 27.3 Å². The lowest BCUT2D eigenvalue weighted by Crippen LogP contribution is -2.17. The van der Waals surface area contributed by atoms with Gasteiger partial charge < -0.3 is 24.3 Å². The van der Waals surface area contributed by atoms with Crippen molar-refractivity contribution in [1.82, 2.24) is 0 Å². The van der Waals surface area contributed by atoms with E-state index in [1.165, 1.54) is 44.6 Å². The lowest BCUT2D eigenvalue weighted by atomic mass is 10.2. The molecular formula is C24H23F3N2O7S. The molecule has 3 aromatic carbocycles. The summed E-state index contributed by atoms with van der Waals surface area (Å²) in [4.78, 5) is 12.6. The highest BCUT2D eigenvalue weighted by Gasteiger charge is 2.31. The number of benzene rings is 3. The van der Waals surface area contributed by atoms with E-state index in [1.807, 2.05) is 0 Å². The minimum atomic E-state index is -4.85. The summed E-state index contributed by atoms with van der Waals surface area (Å²) in [6, 6.07) is 13.7. The van der Waals surface area contributed by atoms with E-state index in [1.54, 1.807) is 18.2 Å². The second kappa shape index (κ2) is 11.3. The molecule has 0 saturated carbocycles. The first-order valence-corrected chi connectivity index (χ1v) is 12.4. The standard InChI is InChI=1S/C24H23F3N2O7S/c1-33-19-9-11-21(34-2)16(12-19)14-35-22-13-17(6-10-20(22)29-37(3,31)32)28-23(30)15-4-7-18(8-5-15)36-24(25,26)27/h4-13,29H,14H2,1-3H3,(H,28,30). The SMILES string of the molecule is COc1ccc(OC)c(COc2cc(NC(=O)c3ccc(OC(F)(F)F)cc3)ccc2NS(C)(=O)=O)c1. The number of carbonyl (C=O) groups is 1. The molecular weight excluding hydrogens is 517 g/mol. The van der Waals surface area contributed by atoms with Crippen LogP contribution in [0, 0.1) is 0 Å². The lowest BCUT2D eigenvalue weighted by molar-refractivity contribution is -0.274. The van der Waals surface area contributed by atoms with Crippen LogP contribution in [0.5, 0.6) is 23.0 Å². The minimum Gasteiger partial charge on any atom is -0.497 e. The molecule has 0 unspecified atom stereocenters. The highest BCUT2D eigenvalue weighted by Crippen LogP contribution is 2.32. The normalized spacial score (nSPS) is 11.4. The molecule has 0 aliphatic rings. The molecule has 0 aliphatic heterocycles. The summed E-state index contributed by atoms with van der Waals surface area (Å²) >= 11 is 0.